The molecule has 1 atom stereocenters. The maximum Gasteiger partial charge on any atom is 0.261 e. The molecular formula is C19H17FN4OS. The zero-order chi connectivity index (χ0) is 17.9. The normalized spacial score (nSPS) is 16.7. The second kappa shape index (κ2) is 7.21. The van der Waals surface area contributed by atoms with E-state index in [4.69, 9.17) is 0 Å². The number of nitrogens with zero attached hydrogens (tertiary/aromatic N) is 3. The summed E-state index contributed by atoms with van der Waals surface area (Å²) < 4.78 is 13.8. The number of hydrogen-bond acceptors (Lipinski definition) is 5. The smallest absolute Gasteiger partial charge is 0.261 e. The van der Waals surface area contributed by atoms with Crippen LogP contribution >= 0.6 is 11.3 Å². The first kappa shape index (κ1) is 16.7. The van der Waals surface area contributed by atoms with Crippen molar-refractivity contribution in [2.75, 3.05) is 18.0 Å². The highest BCUT2D eigenvalue weighted by Crippen LogP contribution is 2.23. The molecule has 1 saturated heterocycles. The van der Waals surface area contributed by atoms with E-state index in [0.717, 1.165) is 23.7 Å². The Morgan fingerprint density at radius 1 is 1.15 bits per heavy atom. The van der Waals surface area contributed by atoms with Crippen molar-refractivity contribution in [2.24, 2.45) is 0 Å². The van der Waals surface area contributed by atoms with Crippen LogP contribution in [-0.2, 0) is 0 Å². The molecule has 26 heavy (non-hydrogen) atoms. The molecule has 7 heteroatoms. The molecule has 1 amide bonds. The van der Waals surface area contributed by atoms with Crippen LogP contribution < -0.4 is 10.2 Å². The zero-order valence-corrected chi connectivity index (χ0v) is 14.7. The summed E-state index contributed by atoms with van der Waals surface area (Å²) in [5.74, 6) is 0.387. The number of halogens is 1. The first-order valence-corrected chi connectivity index (χ1v) is 9.26. The van der Waals surface area contributed by atoms with E-state index in [9.17, 15) is 9.18 Å². The molecule has 4 rings (SSSR count). The molecule has 0 radical (unpaired) electrons. The number of nitrogens with one attached hydrogen (secondary N) is 1. The average Bonchev–Trinajstić information content (AvgIpc) is 3.34. The van der Waals surface area contributed by atoms with Crippen LogP contribution in [0, 0.1) is 5.82 Å². The van der Waals surface area contributed by atoms with Crippen molar-refractivity contribution in [1.82, 2.24) is 15.5 Å². The molecule has 2 aromatic heterocycles. The Morgan fingerprint density at radius 2 is 2.04 bits per heavy atom. The van der Waals surface area contributed by atoms with E-state index >= 15 is 0 Å². The van der Waals surface area contributed by atoms with Gasteiger partial charge in [-0.05, 0) is 42.1 Å². The standard InChI is InChI=1S/C19H17FN4OS/c20-15-5-2-1-4-14(15)16-7-8-18(23-22-16)24-10-9-13(12-24)21-19(25)17-6-3-11-26-17/h1-8,11,13H,9-10,12H2,(H,21,25)/t13-/m1/s1. The molecule has 0 unspecified atom stereocenters. The Morgan fingerprint density at radius 3 is 2.77 bits per heavy atom. The van der Waals surface area contributed by atoms with Gasteiger partial charge in [-0.1, -0.05) is 18.2 Å². The Kier molecular flexibility index (Phi) is 4.62. The van der Waals surface area contributed by atoms with Gasteiger partial charge < -0.3 is 10.2 Å². The maximum absolute atomic E-state index is 13.8. The second-order valence-corrected chi connectivity index (χ2v) is 7.09. The number of carbonyl (C=O) groups excluding carboxylic acids is 1. The van der Waals surface area contributed by atoms with Crippen molar-refractivity contribution >= 4 is 23.1 Å². The quantitative estimate of drug-likeness (QED) is 0.767. The number of amides is 1. The molecule has 0 saturated carbocycles. The van der Waals surface area contributed by atoms with Gasteiger partial charge >= 0.3 is 0 Å². The van der Waals surface area contributed by atoms with Gasteiger partial charge in [-0.2, -0.15) is 0 Å². The molecule has 1 fully saturated rings. The number of rotatable bonds is 4. The molecule has 0 aliphatic carbocycles. The van der Waals surface area contributed by atoms with Gasteiger partial charge in [-0.15, -0.1) is 21.5 Å². The lowest BCUT2D eigenvalue weighted by atomic mass is 10.1. The first-order chi connectivity index (χ1) is 12.7. The fourth-order valence-electron chi connectivity index (χ4n) is 3.06. The summed E-state index contributed by atoms with van der Waals surface area (Å²) in [6.07, 6.45) is 0.855. The molecule has 132 valence electrons. The van der Waals surface area contributed by atoms with E-state index in [1.165, 1.54) is 17.4 Å². The predicted octanol–water partition coefficient (Wildman–Crippen LogP) is 3.35. The minimum atomic E-state index is -0.313. The Bertz CT molecular complexity index is 898. The van der Waals surface area contributed by atoms with Gasteiger partial charge in [0.25, 0.3) is 5.91 Å². The summed E-state index contributed by atoms with van der Waals surface area (Å²) in [5.41, 5.74) is 0.947. The highest BCUT2D eigenvalue weighted by atomic mass is 32.1. The molecule has 1 N–H and O–H groups in total. The molecule has 1 aromatic carbocycles. The van der Waals surface area contributed by atoms with Crippen LogP contribution in [0.5, 0.6) is 0 Å². The van der Waals surface area contributed by atoms with Crippen LogP contribution in [0.25, 0.3) is 11.3 Å². The zero-order valence-electron chi connectivity index (χ0n) is 13.9. The summed E-state index contributed by atoms with van der Waals surface area (Å²) >= 11 is 1.43. The number of hydrogen-bond donors (Lipinski definition) is 1. The van der Waals surface area contributed by atoms with E-state index in [0.29, 0.717) is 17.8 Å². The third kappa shape index (κ3) is 3.43. The number of benzene rings is 1. The van der Waals surface area contributed by atoms with Crippen LogP contribution in [0.2, 0.25) is 0 Å². The lowest BCUT2D eigenvalue weighted by Crippen LogP contribution is -2.36. The van der Waals surface area contributed by atoms with E-state index < -0.39 is 0 Å². The van der Waals surface area contributed by atoms with Gasteiger partial charge in [0.05, 0.1) is 10.6 Å². The summed E-state index contributed by atoms with van der Waals surface area (Å²) in [7, 11) is 0. The lowest BCUT2D eigenvalue weighted by Gasteiger charge is -2.17. The molecular weight excluding hydrogens is 351 g/mol. The monoisotopic (exact) mass is 368 g/mol. The van der Waals surface area contributed by atoms with Crippen LogP contribution in [0.15, 0.2) is 53.9 Å². The van der Waals surface area contributed by atoms with E-state index in [1.54, 1.807) is 24.3 Å². The van der Waals surface area contributed by atoms with E-state index in [-0.39, 0.29) is 17.8 Å². The third-order valence-corrected chi connectivity index (χ3v) is 5.26. The molecule has 3 aromatic rings. The first-order valence-electron chi connectivity index (χ1n) is 8.38. The van der Waals surface area contributed by atoms with Gasteiger partial charge in [-0.25, -0.2) is 4.39 Å². The second-order valence-electron chi connectivity index (χ2n) is 6.14. The number of anilines is 1. The predicted molar refractivity (Wildman–Crippen MR) is 99.8 cm³/mol. The molecule has 1 aliphatic heterocycles. The largest absolute Gasteiger partial charge is 0.353 e. The number of carbonyl (C=O) groups is 1. The SMILES string of the molecule is O=C(N[C@@H]1CCN(c2ccc(-c3ccccc3F)nn2)C1)c1cccs1. The summed E-state index contributed by atoms with van der Waals surface area (Å²) in [5, 5.41) is 13.4. The number of aromatic nitrogens is 2. The van der Waals surface area contributed by atoms with Crippen molar-refractivity contribution < 1.29 is 9.18 Å². The Labute approximate surface area is 154 Å². The highest BCUT2D eigenvalue weighted by Gasteiger charge is 2.25. The fraction of sp³-hybridized carbons (Fsp3) is 0.211. The van der Waals surface area contributed by atoms with E-state index in [2.05, 4.69) is 20.4 Å². The van der Waals surface area contributed by atoms with Crippen LogP contribution in [0.4, 0.5) is 10.2 Å². The molecule has 1 aliphatic rings. The molecule has 0 bridgehead atoms. The van der Waals surface area contributed by atoms with Crippen molar-refractivity contribution in [1.29, 1.82) is 0 Å². The highest BCUT2D eigenvalue weighted by molar-refractivity contribution is 7.12. The summed E-state index contributed by atoms with van der Waals surface area (Å²) in [4.78, 5) is 15.0. The van der Waals surface area contributed by atoms with Crippen molar-refractivity contribution in [3.05, 3.63) is 64.6 Å². The van der Waals surface area contributed by atoms with Crippen LogP contribution in [0.1, 0.15) is 16.1 Å². The van der Waals surface area contributed by atoms with Gasteiger partial charge in [0.15, 0.2) is 5.82 Å². The van der Waals surface area contributed by atoms with Gasteiger partial charge in [-0.3, -0.25) is 4.79 Å². The van der Waals surface area contributed by atoms with Crippen molar-refractivity contribution in [2.45, 2.75) is 12.5 Å². The molecule has 0 spiro atoms. The minimum absolute atomic E-state index is 0.0344. The fourth-order valence-corrected chi connectivity index (χ4v) is 3.68. The maximum atomic E-state index is 13.8. The average molecular weight is 368 g/mol. The van der Waals surface area contributed by atoms with Gasteiger partial charge in [0.2, 0.25) is 0 Å². The topological polar surface area (TPSA) is 58.1 Å². The van der Waals surface area contributed by atoms with Gasteiger partial charge in [0, 0.05) is 24.7 Å². The van der Waals surface area contributed by atoms with Crippen molar-refractivity contribution in [3.63, 3.8) is 0 Å². The number of thiophene rings is 1. The third-order valence-electron chi connectivity index (χ3n) is 4.39. The van der Waals surface area contributed by atoms with Gasteiger partial charge in [0.1, 0.15) is 5.82 Å². The summed E-state index contributed by atoms with van der Waals surface area (Å²) in [6.45, 7) is 1.48. The molecule has 5 nitrogen and oxygen atoms in total. The van der Waals surface area contributed by atoms with Crippen molar-refractivity contribution in [3.8, 4) is 11.3 Å². The molecule has 3 heterocycles. The van der Waals surface area contributed by atoms with Crippen LogP contribution in [0.3, 0.4) is 0 Å². The Balaban J connectivity index is 1.41. The minimum Gasteiger partial charge on any atom is -0.353 e. The van der Waals surface area contributed by atoms with Crippen LogP contribution in [-0.4, -0.2) is 35.2 Å². The Hall–Kier alpha value is -2.80. The lowest BCUT2D eigenvalue weighted by molar-refractivity contribution is 0.0944. The summed E-state index contributed by atoms with van der Waals surface area (Å²) in [6, 6.07) is 13.9. The van der Waals surface area contributed by atoms with E-state index in [1.807, 2.05) is 23.6 Å².